The van der Waals surface area contributed by atoms with E-state index in [2.05, 4.69) is 11.8 Å². The molecule has 1 fully saturated rings. The lowest BCUT2D eigenvalue weighted by atomic mass is 10.1. The van der Waals surface area contributed by atoms with Gasteiger partial charge in [-0.05, 0) is 24.6 Å². The number of rotatable bonds is 4. The Morgan fingerprint density at radius 1 is 1.58 bits per heavy atom. The molecule has 0 saturated carbocycles. The summed E-state index contributed by atoms with van der Waals surface area (Å²) in [6.07, 6.45) is 1.08. The van der Waals surface area contributed by atoms with Crippen LogP contribution in [0.2, 0.25) is 0 Å². The Labute approximate surface area is 116 Å². The Bertz CT molecular complexity index is 467. The number of Topliss-reactive ketones (excluding diaryl/α,β-unsaturated/α-hetero) is 1. The monoisotopic (exact) mass is 283 g/mol. The van der Waals surface area contributed by atoms with E-state index in [1.807, 2.05) is 11.8 Å². The summed E-state index contributed by atoms with van der Waals surface area (Å²) in [5.74, 6) is 0.145. The fourth-order valence-corrected chi connectivity index (χ4v) is 3.44. The first kappa shape index (κ1) is 14.3. The van der Waals surface area contributed by atoms with Crippen LogP contribution in [0.3, 0.4) is 0 Å². The Balaban J connectivity index is 2.02. The van der Waals surface area contributed by atoms with Gasteiger partial charge in [0.05, 0.1) is 12.1 Å². The normalized spacial score (nSPS) is 20.4. The SMILES string of the molecule is CCC1CN(CC(=O)c2cc(F)ccc2O)CCS1. The molecule has 3 nitrogen and oxygen atoms in total. The van der Waals surface area contributed by atoms with E-state index >= 15 is 0 Å². The molecule has 1 aliphatic rings. The highest BCUT2D eigenvalue weighted by Gasteiger charge is 2.22. The van der Waals surface area contributed by atoms with Gasteiger partial charge in [-0.25, -0.2) is 4.39 Å². The zero-order valence-electron chi connectivity index (χ0n) is 10.9. The average Bonchev–Trinajstić information content (AvgIpc) is 2.41. The van der Waals surface area contributed by atoms with Gasteiger partial charge in [-0.1, -0.05) is 6.92 Å². The van der Waals surface area contributed by atoms with Gasteiger partial charge in [-0.3, -0.25) is 9.69 Å². The molecule has 1 aromatic rings. The van der Waals surface area contributed by atoms with Crippen molar-refractivity contribution < 1.29 is 14.3 Å². The number of carbonyl (C=O) groups excluding carboxylic acids is 1. The highest BCUT2D eigenvalue weighted by atomic mass is 32.2. The number of phenolic OH excluding ortho intramolecular Hbond substituents is 1. The molecule has 1 N–H and O–H groups in total. The lowest BCUT2D eigenvalue weighted by Gasteiger charge is -2.31. The van der Waals surface area contributed by atoms with Crippen molar-refractivity contribution in [1.82, 2.24) is 4.90 Å². The molecule has 1 heterocycles. The molecule has 5 heteroatoms. The second-order valence-electron chi connectivity index (χ2n) is 4.72. The second kappa shape index (κ2) is 6.39. The molecule has 0 bridgehead atoms. The Morgan fingerprint density at radius 2 is 2.37 bits per heavy atom. The zero-order valence-corrected chi connectivity index (χ0v) is 11.8. The number of hydrogen-bond acceptors (Lipinski definition) is 4. The van der Waals surface area contributed by atoms with Gasteiger partial charge in [-0.2, -0.15) is 11.8 Å². The Morgan fingerprint density at radius 3 is 3.11 bits per heavy atom. The first-order valence-corrected chi connectivity index (χ1v) is 7.50. The number of nitrogens with zero attached hydrogens (tertiary/aromatic N) is 1. The van der Waals surface area contributed by atoms with E-state index in [1.165, 1.54) is 6.07 Å². The van der Waals surface area contributed by atoms with Gasteiger partial charge < -0.3 is 5.11 Å². The van der Waals surface area contributed by atoms with Crippen LogP contribution in [0.25, 0.3) is 0 Å². The van der Waals surface area contributed by atoms with Gasteiger partial charge in [0, 0.05) is 24.1 Å². The van der Waals surface area contributed by atoms with Crippen LogP contribution in [0.4, 0.5) is 4.39 Å². The van der Waals surface area contributed by atoms with Gasteiger partial charge in [0.15, 0.2) is 5.78 Å². The summed E-state index contributed by atoms with van der Waals surface area (Å²) in [5.41, 5.74) is 0.0753. The molecule has 1 saturated heterocycles. The lowest BCUT2D eigenvalue weighted by molar-refractivity contribution is 0.0929. The maximum absolute atomic E-state index is 13.1. The van der Waals surface area contributed by atoms with E-state index in [0.29, 0.717) is 5.25 Å². The van der Waals surface area contributed by atoms with Crippen LogP contribution < -0.4 is 0 Å². The fourth-order valence-electron chi connectivity index (χ4n) is 2.19. The summed E-state index contributed by atoms with van der Waals surface area (Å²) in [6.45, 7) is 4.13. The molecule has 1 unspecified atom stereocenters. The number of ketones is 1. The molecule has 19 heavy (non-hydrogen) atoms. The van der Waals surface area contributed by atoms with Gasteiger partial charge in [0.2, 0.25) is 0 Å². The van der Waals surface area contributed by atoms with Crippen LogP contribution in [-0.4, -0.2) is 46.4 Å². The molecule has 1 aromatic carbocycles. The minimum absolute atomic E-state index is 0.0753. The highest BCUT2D eigenvalue weighted by molar-refractivity contribution is 8.00. The van der Waals surface area contributed by atoms with Crippen LogP contribution in [-0.2, 0) is 0 Å². The van der Waals surface area contributed by atoms with Crippen molar-refractivity contribution in [3.8, 4) is 5.75 Å². The number of benzene rings is 1. The molecular weight excluding hydrogens is 265 g/mol. The molecular formula is C14H18FNO2S. The first-order chi connectivity index (χ1) is 9.10. The van der Waals surface area contributed by atoms with Crippen molar-refractivity contribution in [2.45, 2.75) is 18.6 Å². The van der Waals surface area contributed by atoms with E-state index in [-0.39, 0.29) is 23.6 Å². The van der Waals surface area contributed by atoms with E-state index in [4.69, 9.17) is 0 Å². The van der Waals surface area contributed by atoms with Gasteiger partial charge in [-0.15, -0.1) is 0 Å². The molecule has 0 spiro atoms. The van der Waals surface area contributed by atoms with Crippen molar-refractivity contribution in [2.24, 2.45) is 0 Å². The highest BCUT2D eigenvalue weighted by Crippen LogP contribution is 2.23. The van der Waals surface area contributed by atoms with Crippen molar-refractivity contribution >= 4 is 17.5 Å². The largest absolute Gasteiger partial charge is 0.507 e. The average molecular weight is 283 g/mol. The summed E-state index contributed by atoms with van der Waals surface area (Å²) in [6, 6.07) is 3.48. The maximum Gasteiger partial charge on any atom is 0.180 e. The van der Waals surface area contributed by atoms with Crippen LogP contribution in [0.5, 0.6) is 5.75 Å². The Hall–Kier alpha value is -1.07. The fraction of sp³-hybridized carbons (Fsp3) is 0.500. The molecule has 2 rings (SSSR count). The van der Waals surface area contributed by atoms with E-state index < -0.39 is 5.82 Å². The maximum atomic E-state index is 13.1. The third-order valence-corrected chi connectivity index (χ3v) is 4.68. The van der Waals surface area contributed by atoms with Crippen LogP contribution >= 0.6 is 11.8 Å². The standard InChI is InChI=1S/C14H18FNO2S/c1-2-11-8-16(5-6-19-11)9-14(18)12-7-10(15)3-4-13(12)17/h3-4,7,11,17H,2,5-6,8-9H2,1H3. The molecule has 104 valence electrons. The Kier molecular flexibility index (Phi) is 4.82. The van der Waals surface area contributed by atoms with E-state index in [1.54, 1.807) is 0 Å². The summed E-state index contributed by atoms with van der Waals surface area (Å²) < 4.78 is 13.1. The zero-order chi connectivity index (χ0) is 13.8. The summed E-state index contributed by atoms with van der Waals surface area (Å²) >= 11 is 1.93. The predicted molar refractivity (Wildman–Crippen MR) is 75.4 cm³/mol. The third-order valence-electron chi connectivity index (χ3n) is 3.30. The summed E-state index contributed by atoms with van der Waals surface area (Å²) in [5, 5.41) is 10.2. The lowest BCUT2D eigenvalue weighted by Crippen LogP contribution is -2.40. The number of phenols is 1. The molecule has 0 aliphatic carbocycles. The minimum atomic E-state index is -0.498. The van der Waals surface area contributed by atoms with Gasteiger partial charge in [0.1, 0.15) is 11.6 Å². The van der Waals surface area contributed by atoms with Crippen molar-refractivity contribution in [3.05, 3.63) is 29.6 Å². The van der Waals surface area contributed by atoms with Crippen LogP contribution in [0.15, 0.2) is 18.2 Å². The number of carbonyl (C=O) groups is 1. The topological polar surface area (TPSA) is 40.5 Å². The van der Waals surface area contributed by atoms with Crippen molar-refractivity contribution in [2.75, 3.05) is 25.4 Å². The number of thioether (sulfide) groups is 1. The van der Waals surface area contributed by atoms with Gasteiger partial charge >= 0.3 is 0 Å². The molecule has 0 radical (unpaired) electrons. The summed E-state index contributed by atoms with van der Waals surface area (Å²) in [4.78, 5) is 14.2. The van der Waals surface area contributed by atoms with Crippen molar-refractivity contribution in [3.63, 3.8) is 0 Å². The molecule has 0 aromatic heterocycles. The van der Waals surface area contributed by atoms with E-state index in [9.17, 15) is 14.3 Å². The molecule has 1 aliphatic heterocycles. The smallest absolute Gasteiger partial charge is 0.180 e. The third kappa shape index (κ3) is 3.70. The summed E-state index contributed by atoms with van der Waals surface area (Å²) in [7, 11) is 0. The number of hydrogen-bond donors (Lipinski definition) is 1. The first-order valence-electron chi connectivity index (χ1n) is 6.45. The second-order valence-corrected chi connectivity index (χ2v) is 6.13. The number of aromatic hydroxyl groups is 1. The van der Waals surface area contributed by atoms with Crippen molar-refractivity contribution in [1.29, 1.82) is 0 Å². The number of halogens is 1. The van der Waals surface area contributed by atoms with Gasteiger partial charge in [0.25, 0.3) is 0 Å². The minimum Gasteiger partial charge on any atom is -0.507 e. The molecule has 1 atom stereocenters. The van der Waals surface area contributed by atoms with Crippen LogP contribution in [0, 0.1) is 5.82 Å². The van der Waals surface area contributed by atoms with E-state index in [0.717, 1.165) is 37.4 Å². The van der Waals surface area contributed by atoms with Crippen LogP contribution in [0.1, 0.15) is 23.7 Å². The quantitative estimate of drug-likeness (QED) is 0.862. The molecule has 0 amide bonds. The predicted octanol–water partition coefficient (Wildman–Crippen LogP) is 2.54.